The predicted octanol–water partition coefficient (Wildman–Crippen LogP) is 0.996. The fraction of sp³-hybridized carbons (Fsp3) is 0.500. The summed E-state index contributed by atoms with van der Waals surface area (Å²) in [5.41, 5.74) is 4.06. The molecule has 0 bridgehead atoms. The van der Waals surface area contributed by atoms with Gasteiger partial charge in [0.05, 0.1) is 0 Å². The molecule has 0 spiro atoms. The average molecular weight is 262 g/mol. The molecule has 1 heterocycles. The minimum absolute atomic E-state index is 0.0677. The van der Waals surface area contributed by atoms with Crippen molar-refractivity contribution in [1.82, 2.24) is 9.80 Å². The number of carbonyl (C=O) groups is 1. The van der Waals surface area contributed by atoms with E-state index in [2.05, 4.69) is 17.4 Å². The number of anilines is 1. The SMILES string of the molecule is CN1CCC(CN(C)C(=O)c2ccc(NN)cc2)C1. The van der Waals surface area contributed by atoms with E-state index in [1.54, 1.807) is 12.1 Å². The third-order valence-corrected chi connectivity index (χ3v) is 3.67. The Morgan fingerprint density at radius 2 is 2.16 bits per heavy atom. The Bertz CT molecular complexity index is 432. The number of benzene rings is 1. The van der Waals surface area contributed by atoms with Gasteiger partial charge in [-0.1, -0.05) is 0 Å². The molecule has 3 N–H and O–H groups in total. The van der Waals surface area contributed by atoms with Gasteiger partial charge in [-0.2, -0.15) is 0 Å². The Balaban J connectivity index is 1.94. The highest BCUT2D eigenvalue weighted by molar-refractivity contribution is 5.94. The van der Waals surface area contributed by atoms with Gasteiger partial charge in [-0.25, -0.2) is 0 Å². The molecular formula is C14H22N4O. The quantitative estimate of drug-likeness (QED) is 0.627. The molecule has 104 valence electrons. The zero-order valence-corrected chi connectivity index (χ0v) is 11.6. The standard InChI is InChI=1S/C14H22N4O/c1-17-8-7-11(9-17)10-18(2)14(19)12-3-5-13(16-15)6-4-12/h3-6,11,16H,7-10,15H2,1-2H3. The van der Waals surface area contributed by atoms with Crippen LogP contribution >= 0.6 is 0 Å². The number of rotatable bonds is 4. The lowest BCUT2D eigenvalue weighted by Gasteiger charge is -2.21. The van der Waals surface area contributed by atoms with Crippen molar-refractivity contribution in [2.45, 2.75) is 6.42 Å². The van der Waals surface area contributed by atoms with E-state index < -0.39 is 0 Å². The number of hydrazine groups is 1. The molecular weight excluding hydrogens is 240 g/mol. The number of nitrogens with two attached hydrogens (primary N) is 1. The van der Waals surface area contributed by atoms with Crippen LogP contribution in [0.1, 0.15) is 16.8 Å². The van der Waals surface area contributed by atoms with Gasteiger partial charge in [0.1, 0.15) is 0 Å². The van der Waals surface area contributed by atoms with Crippen LogP contribution in [0.25, 0.3) is 0 Å². The normalized spacial score (nSPS) is 19.4. The van der Waals surface area contributed by atoms with Crippen molar-refractivity contribution in [1.29, 1.82) is 0 Å². The number of amides is 1. The number of nitrogens with one attached hydrogen (secondary N) is 1. The summed E-state index contributed by atoms with van der Waals surface area (Å²) in [5, 5.41) is 0. The Morgan fingerprint density at radius 3 is 2.68 bits per heavy atom. The monoisotopic (exact) mass is 262 g/mol. The van der Waals surface area contributed by atoms with Gasteiger partial charge in [-0.05, 0) is 50.2 Å². The van der Waals surface area contributed by atoms with E-state index in [1.165, 1.54) is 6.42 Å². The average Bonchev–Trinajstić information content (AvgIpc) is 2.83. The number of nitrogens with zero attached hydrogens (tertiary/aromatic N) is 2. The second kappa shape index (κ2) is 6.04. The minimum Gasteiger partial charge on any atom is -0.341 e. The molecule has 19 heavy (non-hydrogen) atoms. The first-order chi connectivity index (χ1) is 9.10. The summed E-state index contributed by atoms with van der Waals surface area (Å²) in [4.78, 5) is 16.4. The lowest BCUT2D eigenvalue weighted by molar-refractivity contribution is 0.0774. The van der Waals surface area contributed by atoms with E-state index in [0.29, 0.717) is 11.5 Å². The highest BCUT2D eigenvalue weighted by Gasteiger charge is 2.22. The summed E-state index contributed by atoms with van der Waals surface area (Å²) >= 11 is 0. The molecule has 1 aromatic carbocycles. The molecule has 2 rings (SSSR count). The van der Waals surface area contributed by atoms with E-state index in [4.69, 9.17) is 5.84 Å². The topological polar surface area (TPSA) is 61.6 Å². The molecule has 1 atom stereocenters. The molecule has 1 aliphatic heterocycles. The van der Waals surface area contributed by atoms with Crippen molar-refractivity contribution >= 4 is 11.6 Å². The number of likely N-dealkylation sites (tertiary alicyclic amines) is 1. The van der Waals surface area contributed by atoms with Crippen LogP contribution in [0.15, 0.2) is 24.3 Å². The Labute approximate surface area is 114 Å². The zero-order chi connectivity index (χ0) is 13.8. The smallest absolute Gasteiger partial charge is 0.253 e. The van der Waals surface area contributed by atoms with Crippen molar-refractivity contribution < 1.29 is 4.79 Å². The molecule has 1 saturated heterocycles. The van der Waals surface area contributed by atoms with Gasteiger partial charge in [0.15, 0.2) is 0 Å². The van der Waals surface area contributed by atoms with Gasteiger partial charge < -0.3 is 15.2 Å². The zero-order valence-electron chi connectivity index (χ0n) is 11.6. The highest BCUT2D eigenvalue weighted by Crippen LogP contribution is 2.17. The van der Waals surface area contributed by atoms with Crippen LogP contribution in [-0.4, -0.2) is 49.4 Å². The first kappa shape index (κ1) is 13.8. The van der Waals surface area contributed by atoms with Gasteiger partial charge in [-0.15, -0.1) is 0 Å². The van der Waals surface area contributed by atoms with Crippen molar-refractivity contribution in [3.63, 3.8) is 0 Å². The first-order valence-electron chi connectivity index (χ1n) is 6.61. The Hall–Kier alpha value is -1.59. The first-order valence-corrected chi connectivity index (χ1v) is 6.61. The van der Waals surface area contributed by atoms with E-state index in [-0.39, 0.29) is 5.91 Å². The number of hydrogen-bond donors (Lipinski definition) is 2. The summed E-state index contributed by atoms with van der Waals surface area (Å²) in [5.74, 6) is 5.96. The van der Waals surface area contributed by atoms with Crippen LogP contribution in [0.4, 0.5) is 5.69 Å². The summed E-state index contributed by atoms with van der Waals surface area (Å²) < 4.78 is 0. The van der Waals surface area contributed by atoms with Crippen LogP contribution in [0.5, 0.6) is 0 Å². The maximum Gasteiger partial charge on any atom is 0.253 e. The van der Waals surface area contributed by atoms with E-state index in [9.17, 15) is 4.79 Å². The van der Waals surface area contributed by atoms with E-state index in [1.807, 2.05) is 24.1 Å². The summed E-state index contributed by atoms with van der Waals surface area (Å²) in [7, 11) is 4.00. The highest BCUT2D eigenvalue weighted by atomic mass is 16.2. The molecule has 1 aromatic rings. The second-order valence-electron chi connectivity index (χ2n) is 5.32. The van der Waals surface area contributed by atoms with Crippen LogP contribution in [0, 0.1) is 5.92 Å². The molecule has 1 unspecified atom stereocenters. The number of nitrogen functional groups attached to an aromatic ring is 1. The van der Waals surface area contributed by atoms with E-state index >= 15 is 0 Å². The summed E-state index contributed by atoms with van der Waals surface area (Å²) in [6.45, 7) is 3.03. The summed E-state index contributed by atoms with van der Waals surface area (Å²) in [6, 6.07) is 7.22. The van der Waals surface area contributed by atoms with Crippen LogP contribution in [0.2, 0.25) is 0 Å². The lowest BCUT2D eigenvalue weighted by Crippen LogP contribution is -2.32. The largest absolute Gasteiger partial charge is 0.341 e. The van der Waals surface area contributed by atoms with Gasteiger partial charge in [0.2, 0.25) is 0 Å². The van der Waals surface area contributed by atoms with Gasteiger partial charge in [-0.3, -0.25) is 10.6 Å². The molecule has 5 nitrogen and oxygen atoms in total. The maximum atomic E-state index is 12.3. The van der Waals surface area contributed by atoms with Gasteiger partial charge in [0, 0.05) is 31.4 Å². The molecule has 0 aliphatic carbocycles. The van der Waals surface area contributed by atoms with Crippen LogP contribution in [-0.2, 0) is 0 Å². The third-order valence-electron chi connectivity index (χ3n) is 3.67. The van der Waals surface area contributed by atoms with Gasteiger partial charge >= 0.3 is 0 Å². The molecule has 0 radical (unpaired) electrons. The van der Waals surface area contributed by atoms with Crippen molar-refractivity contribution in [2.24, 2.45) is 11.8 Å². The van der Waals surface area contributed by atoms with Gasteiger partial charge in [0.25, 0.3) is 5.91 Å². The molecule has 0 saturated carbocycles. The van der Waals surface area contributed by atoms with Crippen molar-refractivity contribution in [3.05, 3.63) is 29.8 Å². The van der Waals surface area contributed by atoms with E-state index in [0.717, 1.165) is 25.3 Å². The Kier molecular flexibility index (Phi) is 4.39. The Morgan fingerprint density at radius 1 is 1.47 bits per heavy atom. The molecule has 1 fully saturated rings. The second-order valence-corrected chi connectivity index (χ2v) is 5.32. The third kappa shape index (κ3) is 3.45. The molecule has 1 aliphatic rings. The fourth-order valence-electron chi connectivity index (χ4n) is 2.57. The lowest BCUT2D eigenvalue weighted by atomic mass is 10.1. The van der Waals surface area contributed by atoms with Crippen LogP contribution in [0.3, 0.4) is 0 Å². The van der Waals surface area contributed by atoms with Crippen LogP contribution < -0.4 is 11.3 Å². The number of carbonyl (C=O) groups excluding carboxylic acids is 1. The molecule has 5 heteroatoms. The number of hydrogen-bond acceptors (Lipinski definition) is 4. The molecule has 1 amide bonds. The maximum absolute atomic E-state index is 12.3. The predicted molar refractivity (Wildman–Crippen MR) is 76.8 cm³/mol. The minimum atomic E-state index is 0.0677. The summed E-state index contributed by atoms with van der Waals surface area (Å²) in [6.07, 6.45) is 1.17. The van der Waals surface area contributed by atoms with Crippen molar-refractivity contribution in [3.8, 4) is 0 Å². The molecule has 0 aromatic heterocycles. The van der Waals surface area contributed by atoms with Crippen molar-refractivity contribution in [2.75, 3.05) is 39.2 Å². The fourth-order valence-corrected chi connectivity index (χ4v) is 2.57.